The molecule has 0 aliphatic heterocycles. The molecule has 0 spiro atoms. The largest absolute Gasteiger partial charge is 0.497 e. The number of aromatic nitrogens is 2. The van der Waals surface area contributed by atoms with Gasteiger partial charge in [-0.25, -0.2) is 0 Å². The Morgan fingerprint density at radius 3 is 2.31 bits per heavy atom. The summed E-state index contributed by atoms with van der Waals surface area (Å²) in [6.45, 7) is 6.51. The van der Waals surface area contributed by atoms with Gasteiger partial charge in [-0.05, 0) is 17.7 Å². The Morgan fingerprint density at radius 1 is 1.08 bits per heavy atom. The first-order valence-corrected chi connectivity index (χ1v) is 9.13. The number of carbonyl (C=O) groups excluding carboxylic acids is 2. The van der Waals surface area contributed by atoms with Crippen molar-refractivity contribution in [2.45, 2.75) is 45.6 Å². The summed E-state index contributed by atoms with van der Waals surface area (Å²) >= 11 is 1.35. The maximum Gasteiger partial charge on any atom is 0.226 e. The molecule has 2 aromatic rings. The van der Waals surface area contributed by atoms with Gasteiger partial charge in [0.25, 0.3) is 0 Å². The molecule has 1 aromatic carbocycles. The molecule has 2 amide bonds. The second kappa shape index (κ2) is 8.75. The Bertz CT molecular complexity index is 751. The summed E-state index contributed by atoms with van der Waals surface area (Å²) in [5.41, 5.74) is 0.856. The van der Waals surface area contributed by atoms with Crippen molar-refractivity contribution < 1.29 is 14.3 Å². The highest BCUT2D eigenvalue weighted by Gasteiger charge is 2.20. The zero-order valence-corrected chi connectivity index (χ0v) is 16.3. The number of rotatable bonds is 7. The summed E-state index contributed by atoms with van der Waals surface area (Å²) in [7, 11) is 1.60. The molecule has 0 saturated carbocycles. The fourth-order valence-corrected chi connectivity index (χ4v) is 2.84. The summed E-state index contributed by atoms with van der Waals surface area (Å²) in [5, 5.41) is 14.8. The molecule has 2 N–H and O–H groups in total. The second-order valence-corrected chi connectivity index (χ2v) is 7.81. The van der Waals surface area contributed by atoms with Crippen molar-refractivity contribution in [1.29, 1.82) is 0 Å². The SMILES string of the molecule is COc1ccc(CNC(=O)CCC(=O)Nc2nnc(C(C)(C)C)s2)cc1. The average molecular weight is 376 g/mol. The molecule has 2 rings (SSSR count). The summed E-state index contributed by atoms with van der Waals surface area (Å²) < 4.78 is 5.09. The fraction of sp³-hybridized carbons (Fsp3) is 0.444. The van der Waals surface area contributed by atoms with E-state index in [1.807, 2.05) is 45.0 Å². The van der Waals surface area contributed by atoms with E-state index < -0.39 is 0 Å². The standard InChI is InChI=1S/C18H24N4O3S/c1-18(2,3)16-21-22-17(26-16)20-15(24)10-9-14(23)19-11-12-5-7-13(25-4)8-6-12/h5-8H,9-11H2,1-4H3,(H,19,23)(H,20,22,24). The summed E-state index contributed by atoms with van der Waals surface area (Å²) in [6.07, 6.45) is 0.214. The van der Waals surface area contributed by atoms with Crippen molar-refractivity contribution in [2.75, 3.05) is 12.4 Å². The molecule has 26 heavy (non-hydrogen) atoms. The summed E-state index contributed by atoms with van der Waals surface area (Å²) in [5.74, 6) is 0.341. The van der Waals surface area contributed by atoms with Crippen LogP contribution in [0.2, 0.25) is 0 Å². The van der Waals surface area contributed by atoms with E-state index in [0.717, 1.165) is 16.3 Å². The van der Waals surface area contributed by atoms with E-state index in [-0.39, 0.29) is 30.1 Å². The number of hydrogen-bond donors (Lipinski definition) is 2. The van der Waals surface area contributed by atoms with Gasteiger partial charge >= 0.3 is 0 Å². The predicted octanol–water partition coefficient (Wildman–Crippen LogP) is 2.88. The van der Waals surface area contributed by atoms with Crippen LogP contribution in [0.25, 0.3) is 0 Å². The Balaban J connectivity index is 1.72. The van der Waals surface area contributed by atoms with Crippen LogP contribution in [0.1, 0.15) is 44.2 Å². The fourth-order valence-electron chi connectivity index (χ4n) is 2.02. The van der Waals surface area contributed by atoms with Gasteiger partial charge in [0.1, 0.15) is 10.8 Å². The number of nitrogens with one attached hydrogen (secondary N) is 2. The van der Waals surface area contributed by atoms with Crippen LogP contribution in [-0.4, -0.2) is 29.1 Å². The number of carbonyl (C=O) groups is 2. The third-order valence-corrected chi connectivity index (χ3v) is 4.81. The average Bonchev–Trinajstić information content (AvgIpc) is 3.07. The van der Waals surface area contributed by atoms with Crippen LogP contribution in [0.4, 0.5) is 5.13 Å². The molecule has 0 saturated heterocycles. The van der Waals surface area contributed by atoms with Gasteiger partial charge in [-0.3, -0.25) is 9.59 Å². The molecule has 0 aliphatic rings. The number of ether oxygens (including phenoxy) is 1. The molecule has 140 valence electrons. The number of methoxy groups -OCH3 is 1. The van der Waals surface area contributed by atoms with Crippen LogP contribution in [0.3, 0.4) is 0 Å². The van der Waals surface area contributed by atoms with E-state index in [2.05, 4.69) is 20.8 Å². The molecule has 0 fully saturated rings. The minimum Gasteiger partial charge on any atom is -0.497 e. The van der Waals surface area contributed by atoms with Crippen molar-refractivity contribution in [1.82, 2.24) is 15.5 Å². The Morgan fingerprint density at radius 2 is 1.73 bits per heavy atom. The monoisotopic (exact) mass is 376 g/mol. The van der Waals surface area contributed by atoms with Crippen LogP contribution in [-0.2, 0) is 21.5 Å². The van der Waals surface area contributed by atoms with E-state index in [1.165, 1.54) is 11.3 Å². The Hall–Kier alpha value is -2.48. The van der Waals surface area contributed by atoms with Crippen molar-refractivity contribution in [3.8, 4) is 5.75 Å². The van der Waals surface area contributed by atoms with Gasteiger partial charge < -0.3 is 15.4 Å². The highest BCUT2D eigenvalue weighted by Crippen LogP contribution is 2.27. The second-order valence-electron chi connectivity index (χ2n) is 6.84. The van der Waals surface area contributed by atoms with E-state index >= 15 is 0 Å². The number of hydrogen-bond acceptors (Lipinski definition) is 6. The maximum absolute atomic E-state index is 12.0. The lowest BCUT2D eigenvalue weighted by Crippen LogP contribution is -2.24. The van der Waals surface area contributed by atoms with Crippen LogP contribution < -0.4 is 15.4 Å². The quantitative estimate of drug-likeness (QED) is 0.775. The molecule has 1 aromatic heterocycles. The van der Waals surface area contributed by atoms with Crippen LogP contribution in [0, 0.1) is 0 Å². The zero-order chi connectivity index (χ0) is 19.2. The lowest BCUT2D eigenvalue weighted by molar-refractivity contribution is -0.124. The van der Waals surface area contributed by atoms with Gasteiger partial charge in [0.2, 0.25) is 16.9 Å². The maximum atomic E-state index is 12.0. The smallest absolute Gasteiger partial charge is 0.226 e. The van der Waals surface area contributed by atoms with Crippen LogP contribution in [0.15, 0.2) is 24.3 Å². The number of anilines is 1. The van der Waals surface area contributed by atoms with Gasteiger partial charge in [-0.2, -0.15) is 0 Å². The third kappa shape index (κ3) is 6.11. The summed E-state index contributed by atoms with van der Waals surface area (Å²) in [4.78, 5) is 23.8. The van der Waals surface area contributed by atoms with E-state index in [4.69, 9.17) is 4.74 Å². The normalized spacial score (nSPS) is 11.1. The Kier molecular flexibility index (Phi) is 6.68. The summed E-state index contributed by atoms with van der Waals surface area (Å²) in [6, 6.07) is 7.44. The zero-order valence-electron chi connectivity index (χ0n) is 15.5. The highest BCUT2D eigenvalue weighted by molar-refractivity contribution is 7.15. The Labute approximate surface area is 157 Å². The first kappa shape index (κ1) is 19.8. The molecule has 0 unspecified atom stereocenters. The van der Waals surface area contributed by atoms with Crippen molar-refractivity contribution >= 4 is 28.3 Å². The van der Waals surface area contributed by atoms with Crippen LogP contribution >= 0.6 is 11.3 Å². The first-order valence-electron chi connectivity index (χ1n) is 8.31. The van der Waals surface area contributed by atoms with Gasteiger partial charge in [0.15, 0.2) is 0 Å². The van der Waals surface area contributed by atoms with Crippen molar-refractivity contribution in [3.63, 3.8) is 0 Å². The molecular weight excluding hydrogens is 352 g/mol. The van der Waals surface area contributed by atoms with Crippen molar-refractivity contribution in [2.24, 2.45) is 0 Å². The van der Waals surface area contributed by atoms with Crippen molar-refractivity contribution in [3.05, 3.63) is 34.8 Å². The van der Waals surface area contributed by atoms with Gasteiger partial charge in [0.05, 0.1) is 7.11 Å². The van der Waals surface area contributed by atoms with Gasteiger partial charge in [-0.15, -0.1) is 10.2 Å². The van der Waals surface area contributed by atoms with Gasteiger partial charge in [-0.1, -0.05) is 44.2 Å². The predicted molar refractivity (Wildman–Crippen MR) is 101 cm³/mol. The number of nitrogens with zero attached hydrogens (tertiary/aromatic N) is 2. The molecule has 0 aliphatic carbocycles. The molecule has 1 heterocycles. The van der Waals surface area contributed by atoms with E-state index in [9.17, 15) is 9.59 Å². The van der Waals surface area contributed by atoms with Gasteiger partial charge in [0, 0.05) is 24.8 Å². The molecule has 8 heteroatoms. The number of benzene rings is 1. The lowest BCUT2D eigenvalue weighted by Gasteiger charge is -2.12. The highest BCUT2D eigenvalue weighted by atomic mass is 32.1. The molecule has 7 nitrogen and oxygen atoms in total. The third-order valence-electron chi connectivity index (χ3n) is 3.54. The minimum absolute atomic E-state index is 0.0961. The molecular formula is C18H24N4O3S. The van der Waals surface area contributed by atoms with E-state index in [0.29, 0.717) is 11.7 Å². The van der Waals surface area contributed by atoms with E-state index in [1.54, 1.807) is 7.11 Å². The molecule has 0 bridgehead atoms. The first-order chi connectivity index (χ1) is 12.3. The lowest BCUT2D eigenvalue weighted by atomic mass is 9.98. The topological polar surface area (TPSA) is 93.2 Å². The van der Waals surface area contributed by atoms with Crippen LogP contribution in [0.5, 0.6) is 5.75 Å². The molecule has 0 atom stereocenters. The number of amides is 2. The molecule has 0 radical (unpaired) electrons. The minimum atomic E-state index is -0.249.